The summed E-state index contributed by atoms with van der Waals surface area (Å²) in [5.74, 6) is 0. The van der Waals surface area contributed by atoms with Gasteiger partial charge < -0.3 is 4.90 Å². The van der Waals surface area contributed by atoms with Crippen LogP contribution < -0.4 is 4.90 Å². The van der Waals surface area contributed by atoms with Gasteiger partial charge in [0.1, 0.15) is 0 Å². The van der Waals surface area contributed by atoms with Crippen LogP contribution in [0.2, 0.25) is 0 Å². The van der Waals surface area contributed by atoms with E-state index >= 15 is 0 Å². The molecule has 5 rings (SSSR count). The van der Waals surface area contributed by atoms with Gasteiger partial charge in [-0.3, -0.25) is 0 Å². The largest absolute Gasteiger partial charge is 0.372 e. The lowest BCUT2D eigenvalue weighted by Crippen LogP contribution is -2.21. The Labute approximate surface area is 212 Å². The molecule has 0 atom stereocenters. The third-order valence-corrected chi connectivity index (χ3v) is 9.24. The van der Waals surface area contributed by atoms with E-state index in [1.807, 2.05) is 22.7 Å². The third kappa shape index (κ3) is 4.39. The number of benzene rings is 2. The van der Waals surface area contributed by atoms with E-state index in [4.69, 9.17) is 0 Å². The summed E-state index contributed by atoms with van der Waals surface area (Å²) in [6, 6.07) is 24.8. The molecule has 0 radical (unpaired) electrons. The smallest absolute Gasteiger partial charge is 0.0366 e. The van der Waals surface area contributed by atoms with Crippen LogP contribution in [0.4, 0.5) is 5.69 Å². The molecule has 2 aromatic heterocycles. The van der Waals surface area contributed by atoms with Crippen molar-refractivity contribution in [1.29, 1.82) is 0 Å². The fourth-order valence-electron chi connectivity index (χ4n) is 5.21. The third-order valence-electron chi connectivity index (χ3n) is 7.04. The molecule has 0 unspecified atom stereocenters. The van der Waals surface area contributed by atoms with Gasteiger partial charge >= 0.3 is 0 Å². The molecule has 1 aliphatic carbocycles. The van der Waals surface area contributed by atoms with E-state index in [0.717, 1.165) is 13.1 Å². The molecule has 0 aliphatic heterocycles. The summed E-state index contributed by atoms with van der Waals surface area (Å²) in [5, 5.41) is 0. The molecule has 2 aromatic carbocycles. The standard InChI is InChI=1S/C31H33NS2/c1-5-32(6-2)25-17-15-24(16-18-25)31-20-29(22(4)34-31)27-14-10-13-26(27)28-19-30(33-21(28)3)23-11-8-7-9-12-23/h7-9,11-12,15-20H,5-6,10,13-14H2,1-4H3. The Morgan fingerprint density at radius 1 is 0.676 bits per heavy atom. The molecule has 3 heteroatoms. The molecule has 0 saturated heterocycles. The Kier molecular flexibility index (Phi) is 6.76. The zero-order chi connectivity index (χ0) is 23.7. The van der Waals surface area contributed by atoms with Crippen molar-refractivity contribution in [1.82, 2.24) is 0 Å². The minimum Gasteiger partial charge on any atom is -0.372 e. The second-order valence-corrected chi connectivity index (χ2v) is 11.6. The van der Waals surface area contributed by atoms with Crippen molar-refractivity contribution < 1.29 is 0 Å². The number of anilines is 1. The van der Waals surface area contributed by atoms with Crippen LogP contribution in [0.15, 0.2) is 66.7 Å². The topological polar surface area (TPSA) is 3.24 Å². The van der Waals surface area contributed by atoms with Crippen LogP contribution in [-0.4, -0.2) is 13.1 Å². The summed E-state index contributed by atoms with van der Waals surface area (Å²) in [5.41, 5.74) is 10.0. The summed E-state index contributed by atoms with van der Waals surface area (Å²) >= 11 is 3.87. The van der Waals surface area contributed by atoms with E-state index in [-0.39, 0.29) is 0 Å². The molecule has 4 aromatic rings. The first-order valence-corrected chi connectivity index (χ1v) is 14.1. The van der Waals surface area contributed by atoms with Gasteiger partial charge in [-0.1, -0.05) is 42.5 Å². The van der Waals surface area contributed by atoms with Crippen LogP contribution in [-0.2, 0) is 0 Å². The highest BCUT2D eigenvalue weighted by Crippen LogP contribution is 2.47. The molecule has 0 spiro atoms. The van der Waals surface area contributed by atoms with Crippen molar-refractivity contribution in [2.24, 2.45) is 0 Å². The molecular weight excluding hydrogens is 450 g/mol. The Hall–Kier alpha value is -2.62. The summed E-state index contributed by atoms with van der Waals surface area (Å²) in [4.78, 5) is 8.03. The van der Waals surface area contributed by atoms with Crippen LogP contribution in [0, 0.1) is 13.8 Å². The van der Waals surface area contributed by atoms with Gasteiger partial charge in [-0.05, 0) is 105 Å². The summed E-state index contributed by atoms with van der Waals surface area (Å²) < 4.78 is 0. The average molecular weight is 484 g/mol. The maximum Gasteiger partial charge on any atom is 0.0366 e. The Balaban J connectivity index is 1.49. The predicted molar refractivity (Wildman–Crippen MR) is 153 cm³/mol. The highest BCUT2D eigenvalue weighted by Gasteiger charge is 2.23. The maximum atomic E-state index is 2.45. The van der Waals surface area contributed by atoms with Gasteiger partial charge in [0.25, 0.3) is 0 Å². The average Bonchev–Trinajstić information content (AvgIpc) is 3.59. The number of allylic oxidation sites excluding steroid dienone is 2. The number of hydrogen-bond acceptors (Lipinski definition) is 3. The minimum atomic E-state index is 1.04. The lowest BCUT2D eigenvalue weighted by Gasteiger charge is -2.21. The van der Waals surface area contributed by atoms with Gasteiger partial charge in [0, 0.05) is 38.3 Å². The number of nitrogens with zero attached hydrogens (tertiary/aromatic N) is 1. The normalized spacial score (nSPS) is 13.6. The monoisotopic (exact) mass is 483 g/mol. The second kappa shape index (κ2) is 9.93. The van der Waals surface area contributed by atoms with E-state index < -0.39 is 0 Å². The molecule has 1 aliphatic rings. The fourth-order valence-corrected chi connectivity index (χ4v) is 7.32. The van der Waals surface area contributed by atoms with E-state index in [0.29, 0.717) is 0 Å². The lowest BCUT2D eigenvalue weighted by molar-refractivity contribution is 0.866. The van der Waals surface area contributed by atoms with Crippen molar-refractivity contribution in [3.63, 3.8) is 0 Å². The van der Waals surface area contributed by atoms with Gasteiger partial charge in [-0.2, -0.15) is 0 Å². The number of aryl methyl sites for hydroxylation is 2. The van der Waals surface area contributed by atoms with Gasteiger partial charge in [0.05, 0.1) is 0 Å². The van der Waals surface area contributed by atoms with Crippen LogP contribution in [0.25, 0.3) is 32.0 Å². The molecule has 2 heterocycles. The van der Waals surface area contributed by atoms with Gasteiger partial charge in [0.15, 0.2) is 0 Å². The highest BCUT2D eigenvalue weighted by molar-refractivity contribution is 7.16. The highest BCUT2D eigenvalue weighted by atomic mass is 32.1. The Morgan fingerprint density at radius 2 is 1.18 bits per heavy atom. The first-order chi connectivity index (χ1) is 16.6. The first kappa shape index (κ1) is 23.1. The molecule has 0 N–H and O–H groups in total. The Morgan fingerprint density at radius 3 is 1.68 bits per heavy atom. The van der Waals surface area contributed by atoms with Crippen molar-refractivity contribution in [3.8, 4) is 20.9 Å². The number of hydrogen-bond donors (Lipinski definition) is 0. The van der Waals surface area contributed by atoms with Crippen LogP contribution in [0.5, 0.6) is 0 Å². The molecule has 0 saturated carbocycles. The van der Waals surface area contributed by atoms with Gasteiger partial charge in [-0.25, -0.2) is 0 Å². The van der Waals surface area contributed by atoms with Gasteiger partial charge in [0.2, 0.25) is 0 Å². The fraction of sp³-hybridized carbons (Fsp3) is 0.290. The molecule has 0 bridgehead atoms. The van der Waals surface area contributed by atoms with Crippen molar-refractivity contribution in [2.45, 2.75) is 47.0 Å². The Bertz CT molecular complexity index is 1300. The van der Waals surface area contributed by atoms with Crippen molar-refractivity contribution >= 4 is 39.5 Å². The SMILES string of the molecule is CCN(CC)c1ccc(-c2cc(C3=C(c4cc(-c5ccccc5)sc4C)CCC3)c(C)s2)cc1. The molecular formula is C31H33NS2. The van der Waals surface area contributed by atoms with E-state index in [2.05, 4.69) is 99.3 Å². The molecule has 0 amide bonds. The van der Waals surface area contributed by atoms with Gasteiger partial charge in [-0.15, -0.1) is 22.7 Å². The van der Waals surface area contributed by atoms with E-state index in [1.54, 1.807) is 11.1 Å². The number of rotatable bonds is 7. The lowest BCUT2D eigenvalue weighted by atomic mass is 9.96. The van der Waals surface area contributed by atoms with Crippen LogP contribution in [0.3, 0.4) is 0 Å². The molecule has 1 nitrogen and oxygen atoms in total. The summed E-state index contributed by atoms with van der Waals surface area (Å²) in [6.07, 6.45) is 3.62. The van der Waals surface area contributed by atoms with Crippen molar-refractivity contribution in [3.05, 3.63) is 87.6 Å². The first-order valence-electron chi connectivity index (χ1n) is 12.4. The summed E-state index contributed by atoms with van der Waals surface area (Å²) in [7, 11) is 0. The van der Waals surface area contributed by atoms with Crippen molar-refractivity contribution in [2.75, 3.05) is 18.0 Å². The van der Waals surface area contributed by atoms with Crippen LogP contribution >= 0.6 is 22.7 Å². The quantitative estimate of drug-likeness (QED) is 0.253. The zero-order valence-corrected chi connectivity index (χ0v) is 22.3. The second-order valence-electron chi connectivity index (χ2n) is 9.06. The molecule has 34 heavy (non-hydrogen) atoms. The van der Waals surface area contributed by atoms with Crippen LogP contribution in [0.1, 0.15) is 54.0 Å². The van der Waals surface area contributed by atoms with E-state index in [1.165, 1.54) is 66.7 Å². The number of thiophene rings is 2. The minimum absolute atomic E-state index is 1.04. The maximum absolute atomic E-state index is 2.45. The molecule has 174 valence electrons. The molecule has 0 fully saturated rings. The summed E-state index contributed by atoms with van der Waals surface area (Å²) in [6.45, 7) is 11.1. The zero-order valence-electron chi connectivity index (χ0n) is 20.7. The predicted octanol–water partition coefficient (Wildman–Crippen LogP) is 9.70. The van der Waals surface area contributed by atoms with E-state index in [9.17, 15) is 0 Å².